The van der Waals surface area contributed by atoms with Gasteiger partial charge in [0.15, 0.2) is 11.5 Å². The van der Waals surface area contributed by atoms with Gasteiger partial charge in [0.05, 0.1) is 24.5 Å². The number of hydrogen-bond acceptors (Lipinski definition) is 7. The van der Waals surface area contributed by atoms with E-state index < -0.39 is 5.63 Å². The van der Waals surface area contributed by atoms with Crippen LogP contribution in [-0.4, -0.2) is 31.8 Å². The van der Waals surface area contributed by atoms with Crippen LogP contribution in [0.4, 0.5) is 5.69 Å². The molecular formula is C26H27NO7. The third-order valence-electron chi connectivity index (χ3n) is 6.32. The van der Waals surface area contributed by atoms with Crippen molar-refractivity contribution in [3.05, 3.63) is 51.4 Å². The summed E-state index contributed by atoms with van der Waals surface area (Å²) in [6.07, 6.45) is 1.38. The molecule has 0 saturated carbocycles. The number of carbonyl (C=O) groups excluding carboxylic acids is 1. The van der Waals surface area contributed by atoms with E-state index in [0.29, 0.717) is 58.4 Å². The lowest BCUT2D eigenvalue weighted by Gasteiger charge is -2.33. The van der Waals surface area contributed by atoms with Crippen molar-refractivity contribution in [2.45, 2.75) is 45.6 Å². The van der Waals surface area contributed by atoms with E-state index in [-0.39, 0.29) is 23.5 Å². The van der Waals surface area contributed by atoms with E-state index in [0.717, 1.165) is 18.4 Å². The van der Waals surface area contributed by atoms with Crippen molar-refractivity contribution >= 4 is 22.6 Å². The SMILES string of the molecule is COc1cc2c(c3oc(=O)c(CC(=O)Nc4ccc5c(c4)OCCO5)c(C)c13)CCC(C)(C)O2. The molecule has 0 aliphatic carbocycles. The van der Waals surface area contributed by atoms with Gasteiger partial charge in [0.1, 0.15) is 35.9 Å². The third kappa shape index (κ3) is 3.93. The van der Waals surface area contributed by atoms with Gasteiger partial charge in [-0.1, -0.05) is 0 Å². The molecule has 0 radical (unpaired) electrons. The predicted octanol–water partition coefficient (Wildman–Crippen LogP) is 4.17. The van der Waals surface area contributed by atoms with Crippen molar-refractivity contribution < 1.29 is 28.2 Å². The van der Waals surface area contributed by atoms with Crippen molar-refractivity contribution in [3.63, 3.8) is 0 Å². The molecule has 3 aromatic rings. The standard InChI is InChI=1S/C26H27NO7/c1-14-17(12-22(28)27-15-5-6-18-20(11-15)32-10-9-31-18)25(29)33-24-16-7-8-26(2,3)34-19(16)13-21(30-4)23(14)24/h5-6,11,13H,7-10,12H2,1-4H3,(H,27,28). The summed E-state index contributed by atoms with van der Waals surface area (Å²) in [7, 11) is 1.56. The first-order valence-electron chi connectivity index (χ1n) is 11.3. The summed E-state index contributed by atoms with van der Waals surface area (Å²) in [5.74, 6) is 2.07. The summed E-state index contributed by atoms with van der Waals surface area (Å²) in [4.78, 5) is 25.8. The molecule has 5 rings (SSSR count). The van der Waals surface area contributed by atoms with Crippen molar-refractivity contribution in [3.8, 4) is 23.0 Å². The van der Waals surface area contributed by atoms with Gasteiger partial charge in [-0.25, -0.2) is 4.79 Å². The second-order valence-electron chi connectivity index (χ2n) is 9.20. The Morgan fingerprint density at radius 3 is 2.65 bits per heavy atom. The minimum absolute atomic E-state index is 0.137. The van der Waals surface area contributed by atoms with Crippen LogP contribution in [0, 0.1) is 6.92 Å². The van der Waals surface area contributed by atoms with Crippen molar-refractivity contribution in [2.75, 3.05) is 25.6 Å². The summed E-state index contributed by atoms with van der Waals surface area (Å²) >= 11 is 0. The molecule has 0 bridgehead atoms. The summed E-state index contributed by atoms with van der Waals surface area (Å²) in [6, 6.07) is 7.03. The minimum atomic E-state index is -0.539. The maximum Gasteiger partial charge on any atom is 0.340 e. The number of hydrogen-bond donors (Lipinski definition) is 1. The van der Waals surface area contributed by atoms with E-state index in [1.165, 1.54) is 0 Å². The highest BCUT2D eigenvalue weighted by Gasteiger charge is 2.31. The zero-order valence-electron chi connectivity index (χ0n) is 19.7. The van der Waals surface area contributed by atoms with Gasteiger partial charge in [-0.3, -0.25) is 4.79 Å². The molecular weight excluding hydrogens is 438 g/mol. The largest absolute Gasteiger partial charge is 0.496 e. The number of benzene rings is 2. The number of amides is 1. The summed E-state index contributed by atoms with van der Waals surface area (Å²) < 4.78 is 28.6. The van der Waals surface area contributed by atoms with E-state index in [1.807, 2.05) is 26.8 Å². The highest BCUT2D eigenvalue weighted by Crippen LogP contribution is 2.43. The maximum absolute atomic E-state index is 13.0. The van der Waals surface area contributed by atoms with Gasteiger partial charge in [0.25, 0.3) is 0 Å². The molecule has 0 fully saturated rings. The first-order valence-corrected chi connectivity index (χ1v) is 11.3. The smallest absolute Gasteiger partial charge is 0.340 e. The van der Waals surface area contributed by atoms with Gasteiger partial charge in [0.2, 0.25) is 5.91 Å². The Hall–Kier alpha value is -3.68. The second-order valence-corrected chi connectivity index (χ2v) is 9.20. The molecule has 1 aromatic heterocycles. The molecule has 8 nitrogen and oxygen atoms in total. The fraction of sp³-hybridized carbons (Fsp3) is 0.385. The average Bonchev–Trinajstić information content (AvgIpc) is 2.80. The number of carbonyl (C=O) groups is 1. The lowest BCUT2D eigenvalue weighted by molar-refractivity contribution is -0.115. The van der Waals surface area contributed by atoms with Crippen LogP contribution >= 0.6 is 0 Å². The second kappa shape index (κ2) is 8.27. The van der Waals surface area contributed by atoms with Crippen molar-refractivity contribution in [2.24, 2.45) is 0 Å². The lowest BCUT2D eigenvalue weighted by Crippen LogP contribution is -2.32. The van der Waals surface area contributed by atoms with Crippen LogP contribution in [0.15, 0.2) is 33.5 Å². The van der Waals surface area contributed by atoms with Crippen LogP contribution in [0.2, 0.25) is 0 Å². The Morgan fingerprint density at radius 1 is 1.12 bits per heavy atom. The van der Waals surface area contributed by atoms with E-state index in [9.17, 15) is 9.59 Å². The number of fused-ring (bicyclic) bond motifs is 4. The first-order chi connectivity index (χ1) is 16.3. The van der Waals surface area contributed by atoms with E-state index in [1.54, 1.807) is 25.3 Å². The molecule has 34 heavy (non-hydrogen) atoms. The third-order valence-corrected chi connectivity index (χ3v) is 6.32. The summed E-state index contributed by atoms with van der Waals surface area (Å²) in [6.45, 7) is 6.81. The van der Waals surface area contributed by atoms with Gasteiger partial charge in [-0.05, 0) is 51.3 Å². The Morgan fingerprint density at radius 2 is 1.88 bits per heavy atom. The molecule has 1 N–H and O–H groups in total. The van der Waals surface area contributed by atoms with Crippen LogP contribution in [0.1, 0.15) is 37.0 Å². The van der Waals surface area contributed by atoms with Crippen LogP contribution in [-0.2, 0) is 17.6 Å². The van der Waals surface area contributed by atoms with Crippen LogP contribution < -0.4 is 29.9 Å². The molecule has 178 valence electrons. The number of anilines is 1. The fourth-order valence-corrected chi connectivity index (χ4v) is 4.53. The monoisotopic (exact) mass is 465 g/mol. The van der Waals surface area contributed by atoms with Crippen molar-refractivity contribution in [1.29, 1.82) is 0 Å². The van der Waals surface area contributed by atoms with E-state index in [4.69, 9.17) is 23.4 Å². The Bertz CT molecular complexity index is 1360. The molecule has 0 unspecified atom stereocenters. The van der Waals surface area contributed by atoms with Gasteiger partial charge < -0.3 is 28.7 Å². The van der Waals surface area contributed by atoms with E-state index >= 15 is 0 Å². The molecule has 0 saturated heterocycles. The summed E-state index contributed by atoms with van der Waals surface area (Å²) in [5.41, 5.74) is 1.97. The number of ether oxygens (including phenoxy) is 4. The predicted molar refractivity (Wildman–Crippen MR) is 127 cm³/mol. The number of methoxy groups -OCH3 is 1. The lowest BCUT2D eigenvalue weighted by atomic mass is 9.91. The van der Waals surface area contributed by atoms with Crippen LogP contribution in [0.25, 0.3) is 11.0 Å². The van der Waals surface area contributed by atoms with Gasteiger partial charge >= 0.3 is 5.63 Å². The number of nitrogens with one attached hydrogen (secondary N) is 1. The molecule has 1 amide bonds. The molecule has 2 aliphatic rings. The molecule has 3 heterocycles. The molecule has 0 atom stereocenters. The van der Waals surface area contributed by atoms with Gasteiger partial charge in [0, 0.05) is 23.4 Å². The Kier molecular flexibility index (Phi) is 5.38. The Labute approximate surface area is 196 Å². The first kappa shape index (κ1) is 22.1. The van der Waals surface area contributed by atoms with Gasteiger partial charge in [-0.15, -0.1) is 0 Å². The van der Waals surface area contributed by atoms with Gasteiger partial charge in [-0.2, -0.15) is 0 Å². The topological polar surface area (TPSA) is 96.2 Å². The normalized spacial score (nSPS) is 15.9. The molecule has 0 spiro atoms. The minimum Gasteiger partial charge on any atom is -0.496 e. The maximum atomic E-state index is 13.0. The average molecular weight is 466 g/mol. The van der Waals surface area contributed by atoms with Crippen LogP contribution in [0.5, 0.6) is 23.0 Å². The quantitative estimate of drug-likeness (QED) is 0.578. The van der Waals surface area contributed by atoms with Crippen molar-refractivity contribution in [1.82, 2.24) is 0 Å². The zero-order valence-corrected chi connectivity index (χ0v) is 19.7. The van der Waals surface area contributed by atoms with Crippen LogP contribution in [0.3, 0.4) is 0 Å². The highest BCUT2D eigenvalue weighted by molar-refractivity contribution is 5.96. The Balaban J connectivity index is 1.48. The molecule has 2 aromatic carbocycles. The number of aryl methyl sites for hydroxylation is 2. The summed E-state index contributed by atoms with van der Waals surface area (Å²) in [5, 5.41) is 3.51. The zero-order chi connectivity index (χ0) is 24.0. The highest BCUT2D eigenvalue weighted by atomic mass is 16.6. The number of rotatable bonds is 4. The molecule has 2 aliphatic heterocycles. The van der Waals surface area contributed by atoms with E-state index in [2.05, 4.69) is 5.32 Å². The molecule has 8 heteroatoms. The fourth-order valence-electron chi connectivity index (χ4n) is 4.53.